The van der Waals surface area contributed by atoms with Gasteiger partial charge in [0.05, 0.1) is 13.7 Å². The van der Waals surface area contributed by atoms with Crippen LogP contribution in [-0.2, 0) is 0 Å². The van der Waals surface area contributed by atoms with Crippen LogP contribution in [0.4, 0.5) is 0 Å². The summed E-state index contributed by atoms with van der Waals surface area (Å²) in [5.41, 5.74) is 0.966. The smallest absolute Gasteiger partial charge is 0.192 e. The summed E-state index contributed by atoms with van der Waals surface area (Å²) in [7, 11) is 1.59. The molecule has 1 N–H and O–H groups in total. The van der Waals surface area contributed by atoms with Gasteiger partial charge >= 0.3 is 0 Å². The molecule has 14 heavy (non-hydrogen) atoms. The largest absolute Gasteiger partial charge is 0.493 e. The molecular weight excluding hydrogens is 295 g/mol. The molecule has 0 aliphatic rings. The maximum atomic E-state index is 8.61. The Hall–Kier alpha value is -0.750. The van der Waals surface area contributed by atoms with Crippen LogP contribution in [-0.4, -0.2) is 18.8 Å². The van der Waals surface area contributed by atoms with Crippen molar-refractivity contribution in [3.63, 3.8) is 0 Å². The van der Waals surface area contributed by atoms with Crippen LogP contribution in [0.15, 0.2) is 24.3 Å². The Morgan fingerprint density at radius 1 is 1.43 bits per heavy atom. The van der Waals surface area contributed by atoms with Crippen molar-refractivity contribution in [1.29, 1.82) is 0 Å². The average molecular weight is 306 g/mol. The molecule has 3 nitrogen and oxygen atoms in total. The summed E-state index contributed by atoms with van der Waals surface area (Å²) in [6.07, 6.45) is 3.48. The van der Waals surface area contributed by atoms with E-state index in [1.807, 2.05) is 24.3 Å². The van der Waals surface area contributed by atoms with Gasteiger partial charge in [-0.2, -0.15) is 0 Å². The number of rotatable bonds is 4. The summed E-state index contributed by atoms with van der Waals surface area (Å²) in [6.45, 7) is 0.0346. The molecule has 1 aromatic carbocycles. The fourth-order valence-corrected chi connectivity index (χ4v) is 1.40. The fraction of sp³-hybridized carbons (Fsp3) is 0.200. The first kappa shape index (κ1) is 11.3. The Morgan fingerprint density at radius 3 is 2.79 bits per heavy atom. The van der Waals surface area contributed by atoms with Crippen molar-refractivity contribution in [2.45, 2.75) is 0 Å². The zero-order valence-electron chi connectivity index (χ0n) is 7.74. The summed E-state index contributed by atoms with van der Waals surface area (Å²) in [5, 5.41) is 8.61. The minimum atomic E-state index is 0.0346. The summed E-state index contributed by atoms with van der Waals surface area (Å²) >= 11 is 1.80. The van der Waals surface area contributed by atoms with Crippen LogP contribution >= 0.6 is 23.0 Å². The van der Waals surface area contributed by atoms with Gasteiger partial charge in [-0.15, -0.1) is 0 Å². The fourth-order valence-electron chi connectivity index (χ4n) is 1.04. The summed E-state index contributed by atoms with van der Waals surface area (Å²) in [6, 6.07) is 5.56. The third-order valence-electron chi connectivity index (χ3n) is 1.69. The van der Waals surface area contributed by atoms with Crippen LogP contribution in [0, 0.1) is 0 Å². The molecule has 0 aromatic heterocycles. The van der Waals surface area contributed by atoms with E-state index >= 15 is 0 Å². The third-order valence-corrected chi connectivity index (χ3v) is 2.16. The Labute approximate surface area is 97.0 Å². The van der Waals surface area contributed by atoms with E-state index in [9.17, 15) is 0 Å². The van der Waals surface area contributed by atoms with Crippen molar-refractivity contribution in [2.24, 2.45) is 0 Å². The standard InChI is InChI=1S/C10H11IO3/c1-13-10-7-8(3-2-6-12)4-5-9(10)14-11/h2-5,7,12H,6H2,1H3/b3-2+. The Morgan fingerprint density at radius 2 is 2.21 bits per heavy atom. The Kier molecular flexibility index (Phi) is 4.75. The highest BCUT2D eigenvalue weighted by molar-refractivity contribution is 14.1. The van der Waals surface area contributed by atoms with E-state index in [2.05, 4.69) is 0 Å². The molecule has 0 bridgehead atoms. The van der Waals surface area contributed by atoms with E-state index in [0.717, 1.165) is 5.56 Å². The van der Waals surface area contributed by atoms with E-state index < -0.39 is 0 Å². The van der Waals surface area contributed by atoms with Gasteiger partial charge in [-0.25, -0.2) is 0 Å². The summed E-state index contributed by atoms with van der Waals surface area (Å²) in [4.78, 5) is 0. The van der Waals surface area contributed by atoms with Crippen LogP contribution in [0.5, 0.6) is 11.5 Å². The summed E-state index contributed by atoms with van der Waals surface area (Å²) < 4.78 is 10.2. The van der Waals surface area contributed by atoms with Crippen LogP contribution in [0.1, 0.15) is 5.56 Å². The maximum Gasteiger partial charge on any atom is 0.192 e. The molecule has 1 aromatic rings. The molecule has 0 aliphatic carbocycles. The monoisotopic (exact) mass is 306 g/mol. The molecule has 4 heteroatoms. The second kappa shape index (κ2) is 5.87. The first-order valence-corrected chi connectivity index (χ1v) is 4.94. The molecule has 0 fully saturated rings. The summed E-state index contributed by atoms with van der Waals surface area (Å²) in [5.74, 6) is 1.37. The molecular formula is C10H11IO3. The van der Waals surface area contributed by atoms with E-state index in [-0.39, 0.29) is 6.61 Å². The topological polar surface area (TPSA) is 38.7 Å². The Bertz CT molecular complexity index is 323. The molecule has 0 amide bonds. The van der Waals surface area contributed by atoms with Crippen molar-refractivity contribution in [3.05, 3.63) is 29.8 Å². The van der Waals surface area contributed by atoms with Gasteiger partial charge in [0.15, 0.2) is 34.5 Å². The predicted octanol–water partition coefficient (Wildman–Crippen LogP) is 2.43. The number of methoxy groups -OCH3 is 1. The number of halogens is 1. The highest BCUT2D eigenvalue weighted by Gasteiger charge is 2.02. The second-order valence-electron chi connectivity index (χ2n) is 2.57. The zero-order valence-corrected chi connectivity index (χ0v) is 9.89. The van der Waals surface area contributed by atoms with Crippen molar-refractivity contribution >= 4 is 29.1 Å². The minimum absolute atomic E-state index is 0.0346. The first-order chi connectivity index (χ1) is 6.81. The third kappa shape index (κ3) is 2.88. The second-order valence-corrected chi connectivity index (χ2v) is 3.01. The molecule has 1 rings (SSSR count). The number of hydrogen-bond donors (Lipinski definition) is 1. The van der Waals surface area contributed by atoms with Gasteiger partial charge in [-0.3, -0.25) is 0 Å². The lowest BCUT2D eigenvalue weighted by molar-refractivity contribution is 0.343. The van der Waals surface area contributed by atoms with Crippen LogP contribution in [0.3, 0.4) is 0 Å². The molecule has 0 radical (unpaired) electrons. The maximum absolute atomic E-state index is 8.61. The average Bonchev–Trinajstić information content (AvgIpc) is 2.25. The van der Waals surface area contributed by atoms with Crippen molar-refractivity contribution < 1.29 is 12.9 Å². The van der Waals surface area contributed by atoms with E-state index in [1.54, 1.807) is 36.2 Å². The molecule has 0 atom stereocenters. The van der Waals surface area contributed by atoms with Crippen molar-refractivity contribution in [2.75, 3.05) is 13.7 Å². The number of aliphatic hydroxyl groups excluding tert-OH is 1. The highest BCUT2D eigenvalue weighted by Crippen LogP contribution is 2.29. The quantitative estimate of drug-likeness (QED) is 0.868. The predicted molar refractivity (Wildman–Crippen MR) is 63.8 cm³/mol. The molecule has 76 valence electrons. The van der Waals surface area contributed by atoms with Crippen LogP contribution in [0.25, 0.3) is 6.08 Å². The number of ether oxygens (including phenoxy) is 1. The van der Waals surface area contributed by atoms with Gasteiger partial charge in [-0.05, 0) is 17.7 Å². The van der Waals surface area contributed by atoms with Gasteiger partial charge < -0.3 is 12.9 Å². The molecule has 0 unspecified atom stereocenters. The molecule has 0 aliphatic heterocycles. The molecule has 0 saturated carbocycles. The van der Waals surface area contributed by atoms with Crippen molar-refractivity contribution in [1.82, 2.24) is 0 Å². The highest BCUT2D eigenvalue weighted by atomic mass is 127. The van der Waals surface area contributed by atoms with Crippen LogP contribution < -0.4 is 7.80 Å². The van der Waals surface area contributed by atoms with E-state index in [0.29, 0.717) is 11.5 Å². The lowest BCUT2D eigenvalue weighted by atomic mass is 10.2. The lowest BCUT2D eigenvalue weighted by Crippen LogP contribution is -1.87. The van der Waals surface area contributed by atoms with Gasteiger partial charge in [0.25, 0.3) is 0 Å². The minimum Gasteiger partial charge on any atom is -0.493 e. The van der Waals surface area contributed by atoms with E-state index in [4.69, 9.17) is 12.9 Å². The van der Waals surface area contributed by atoms with Crippen LogP contribution in [0.2, 0.25) is 0 Å². The number of aliphatic hydroxyl groups is 1. The zero-order chi connectivity index (χ0) is 10.4. The molecule has 0 heterocycles. The van der Waals surface area contributed by atoms with Gasteiger partial charge in [0, 0.05) is 0 Å². The first-order valence-electron chi connectivity index (χ1n) is 4.06. The molecule has 0 spiro atoms. The van der Waals surface area contributed by atoms with Gasteiger partial charge in [-0.1, -0.05) is 18.2 Å². The lowest BCUT2D eigenvalue weighted by Gasteiger charge is -2.05. The van der Waals surface area contributed by atoms with Crippen molar-refractivity contribution in [3.8, 4) is 11.5 Å². The van der Waals surface area contributed by atoms with E-state index in [1.165, 1.54) is 0 Å². The Balaban J connectivity index is 2.95. The normalized spacial score (nSPS) is 10.5. The SMILES string of the molecule is COc1cc(/C=C/CO)ccc1OI. The number of hydrogen-bond acceptors (Lipinski definition) is 3. The van der Waals surface area contributed by atoms with Gasteiger partial charge in [0.2, 0.25) is 0 Å². The molecule has 0 saturated heterocycles. The van der Waals surface area contributed by atoms with Gasteiger partial charge in [0.1, 0.15) is 0 Å². The number of benzene rings is 1.